The molecule has 4 rings (SSSR count). The van der Waals surface area contributed by atoms with E-state index in [1.807, 2.05) is 54.6 Å². The first-order chi connectivity index (χ1) is 12.7. The van der Waals surface area contributed by atoms with Crippen LogP contribution in [0.3, 0.4) is 0 Å². The average Bonchev–Trinajstić information content (AvgIpc) is 3.02. The van der Waals surface area contributed by atoms with Crippen LogP contribution in [0.1, 0.15) is 15.4 Å². The molecule has 2 heterocycles. The highest BCUT2D eigenvalue weighted by atomic mass is 35.5. The number of benzene rings is 2. The van der Waals surface area contributed by atoms with Crippen molar-refractivity contribution >= 4 is 49.9 Å². The fourth-order valence-corrected chi connectivity index (χ4v) is 4.10. The number of thiophene rings is 1. The van der Waals surface area contributed by atoms with Crippen molar-refractivity contribution in [2.45, 2.75) is 6.61 Å². The van der Waals surface area contributed by atoms with Gasteiger partial charge in [-0.05, 0) is 30.3 Å². The lowest BCUT2D eigenvalue weighted by Crippen LogP contribution is -1.98. The Morgan fingerprint density at radius 2 is 2.00 bits per heavy atom. The van der Waals surface area contributed by atoms with Crippen LogP contribution in [-0.4, -0.2) is 18.1 Å². The lowest BCUT2D eigenvalue weighted by molar-refractivity contribution is 0.0606. The van der Waals surface area contributed by atoms with E-state index >= 15 is 0 Å². The Hall–Kier alpha value is -2.63. The van der Waals surface area contributed by atoms with Crippen molar-refractivity contribution in [3.05, 3.63) is 70.2 Å². The molecule has 0 amide bonds. The molecule has 26 heavy (non-hydrogen) atoms. The smallest absolute Gasteiger partial charge is 0.349 e. The number of rotatable bonds is 4. The van der Waals surface area contributed by atoms with E-state index in [-0.39, 0.29) is 0 Å². The number of hydrogen-bond acceptors (Lipinski definition) is 5. The SMILES string of the molecule is COC(=O)c1sc2ccc(OCc3ccc4ccccc4n3)cc2c1Cl. The molecule has 0 bridgehead atoms. The number of methoxy groups -OCH3 is 1. The molecule has 130 valence electrons. The zero-order chi connectivity index (χ0) is 18.1. The molecule has 0 fully saturated rings. The number of esters is 1. The molecule has 2 aromatic carbocycles. The number of aromatic nitrogens is 1. The molecule has 0 N–H and O–H groups in total. The number of carbonyl (C=O) groups excluding carboxylic acids is 1. The largest absolute Gasteiger partial charge is 0.487 e. The maximum atomic E-state index is 11.8. The van der Waals surface area contributed by atoms with Crippen LogP contribution in [0.5, 0.6) is 5.75 Å². The maximum absolute atomic E-state index is 11.8. The Bertz CT molecular complexity index is 1120. The van der Waals surface area contributed by atoms with Gasteiger partial charge in [-0.1, -0.05) is 35.9 Å². The van der Waals surface area contributed by atoms with E-state index in [1.165, 1.54) is 18.4 Å². The fourth-order valence-electron chi connectivity index (χ4n) is 2.71. The van der Waals surface area contributed by atoms with Gasteiger partial charge >= 0.3 is 5.97 Å². The van der Waals surface area contributed by atoms with E-state index in [2.05, 4.69) is 4.98 Å². The van der Waals surface area contributed by atoms with E-state index in [1.54, 1.807) is 0 Å². The second-order valence-electron chi connectivity index (χ2n) is 5.68. The van der Waals surface area contributed by atoms with Crippen LogP contribution < -0.4 is 4.74 Å². The molecule has 2 aromatic heterocycles. The second kappa shape index (κ2) is 6.94. The Morgan fingerprint density at radius 1 is 1.15 bits per heavy atom. The molecule has 0 atom stereocenters. The number of nitrogens with zero attached hydrogens (tertiary/aromatic N) is 1. The third-order valence-corrected chi connectivity index (χ3v) is 5.67. The summed E-state index contributed by atoms with van der Waals surface area (Å²) in [6, 6.07) is 17.5. The Labute approximate surface area is 158 Å². The predicted molar refractivity (Wildman–Crippen MR) is 104 cm³/mol. The van der Waals surface area contributed by atoms with E-state index < -0.39 is 5.97 Å². The maximum Gasteiger partial charge on any atom is 0.349 e. The summed E-state index contributed by atoms with van der Waals surface area (Å²) in [6.45, 7) is 0.349. The summed E-state index contributed by atoms with van der Waals surface area (Å²) >= 11 is 7.63. The molecule has 0 unspecified atom stereocenters. The van der Waals surface area contributed by atoms with Crippen LogP contribution in [0, 0.1) is 0 Å². The summed E-state index contributed by atoms with van der Waals surface area (Å²) in [7, 11) is 1.34. The van der Waals surface area contributed by atoms with Crippen LogP contribution in [0.15, 0.2) is 54.6 Å². The van der Waals surface area contributed by atoms with Crippen LogP contribution in [0.2, 0.25) is 5.02 Å². The van der Waals surface area contributed by atoms with Crippen molar-refractivity contribution < 1.29 is 14.3 Å². The summed E-state index contributed by atoms with van der Waals surface area (Å²) in [5.74, 6) is 0.239. The number of pyridine rings is 1. The van der Waals surface area contributed by atoms with Crippen molar-refractivity contribution in [1.82, 2.24) is 4.98 Å². The van der Waals surface area contributed by atoms with Crippen molar-refractivity contribution in [1.29, 1.82) is 0 Å². The lowest BCUT2D eigenvalue weighted by atomic mass is 10.2. The van der Waals surface area contributed by atoms with Crippen molar-refractivity contribution in [3.63, 3.8) is 0 Å². The van der Waals surface area contributed by atoms with E-state index in [9.17, 15) is 4.79 Å². The van der Waals surface area contributed by atoms with Gasteiger partial charge in [-0.3, -0.25) is 0 Å². The minimum absolute atomic E-state index is 0.349. The third-order valence-electron chi connectivity index (χ3n) is 4.01. The summed E-state index contributed by atoms with van der Waals surface area (Å²) in [5, 5.41) is 2.27. The molecule has 0 spiro atoms. The first-order valence-electron chi connectivity index (χ1n) is 7.93. The van der Waals surface area contributed by atoms with Crippen molar-refractivity contribution in [2.75, 3.05) is 7.11 Å². The van der Waals surface area contributed by atoms with Gasteiger partial charge in [0.25, 0.3) is 0 Å². The molecule has 0 aliphatic carbocycles. The molecule has 0 radical (unpaired) electrons. The quantitative estimate of drug-likeness (QED) is 0.438. The summed E-state index contributed by atoms with van der Waals surface area (Å²) < 4.78 is 11.5. The van der Waals surface area contributed by atoms with Crippen molar-refractivity contribution in [2.24, 2.45) is 0 Å². The molecule has 4 aromatic rings. The standard InChI is InChI=1S/C20H14ClNO3S/c1-24-20(23)19-18(21)15-10-14(8-9-17(15)26-19)25-11-13-7-6-12-4-2-3-5-16(12)22-13/h2-10H,11H2,1H3. The molecular formula is C20H14ClNO3S. The lowest BCUT2D eigenvalue weighted by Gasteiger charge is -2.07. The number of fused-ring (bicyclic) bond motifs is 2. The van der Waals surface area contributed by atoms with Gasteiger partial charge < -0.3 is 9.47 Å². The van der Waals surface area contributed by atoms with Gasteiger partial charge in [-0.25, -0.2) is 9.78 Å². The van der Waals surface area contributed by atoms with Crippen LogP contribution in [-0.2, 0) is 11.3 Å². The molecule has 6 heteroatoms. The summed E-state index contributed by atoms with van der Waals surface area (Å²) in [5.41, 5.74) is 1.78. The first kappa shape index (κ1) is 16.8. The summed E-state index contributed by atoms with van der Waals surface area (Å²) in [4.78, 5) is 16.8. The molecule has 0 saturated heterocycles. The minimum atomic E-state index is -0.431. The normalized spacial score (nSPS) is 11.0. The van der Waals surface area contributed by atoms with Crippen LogP contribution in [0.4, 0.5) is 0 Å². The average molecular weight is 384 g/mol. The molecule has 0 aliphatic rings. The highest BCUT2D eigenvalue weighted by Gasteiger charge is 2.18. The van der Waals surface area contributed by atoms with Gasteiger partial charge in [0.2, 0.25) is 0 Å². The van der Waals surface area contributed by atoms with Crippen LogP contribution in [0.25, 0.3) is 21.0 Å². The van der Waals surface area contributed by atoms with Gasteiger partial charge in [0.05, 0.1) is 23.3 Å². The van der Waals surface area contributed by atoms with E-state index in [0.717, 1.165) is 26.7 Å². The van der Waals surface area contributed by atoms with Gasteiger partial charge in [-0.2, -0.15) is 0 Å². The topological polar surface area (TPSA) is 48.4 Å². The highest BCUT2D eigenvalue weighted by Crippen LogP contribution is 2.37. The third kappa shape index (κ3) is 3.11. The highest BCUT2D eigenvalue weighted by molar-refractivity contribution is 7.21. The number of halogens is 1. The van der Waals surface area contributed by atoms with Crippen LogP contribution >= 0.6 is 22.9 Å². The Morgan fingerprint density at radius 3 is 2.85 bits per heavy atom. The Kier molecular flexibility index (Phi) is 4.49. The first-order valence-corrected chi connectivity index (χ1v) is 9.13. The van der Waals surface area contributed by atoms with Crippen molar-refractivity contribution in [3.8, 4) is 5.75 Å². The molecular weight excluding hydrogens is 370 g/mol. The van der Waals surface area contributed by atoms with Gasteiger partial charge in [-0.15, -0.1) is 11.3 Å². The number of hydrogen-bond donors (Lipinski definition) is 0. The fraction of sp³-hybridized carbons (Fsp3) is 0.100. The van der Waals surface area contributed by atoms with Gasteiger partial charge in [0, 0.05) is 15.5 Å². The zero-order valence-corrected chi connectivity index (χ0v) is 15.4. The number of para-hydroxylation sites is 1. The molecule has 0 aliphatic heterocycles. The minimum Gasteiger partial charge on any atom is -0.487 e. The summed E-state index contributed by atoms with van der Waals surface area (Å²) in [6.07, 6.45) is 0. The molecule has 0 saturated carbocycles. The predicted octanol–water partition coefficient (Wildman–Crippen LogP) is 5.47. The monoisotopic (exact) mass is 383 g/mol. The van der Waals surface area contributed by atoms with Gasteiger partial charge in [0.15, 0.2) is 0 Å². The zero-order valence-electron chi connectivity index (χ0n) is 13.9. The molecule has 4 nitrogen and oxygen atoms in total. The van der Waals surface area contributed by atoms with E-state index in [4.69, 9.17) is 21.1 Å². The van der Waals surface area contributed by atoms with Gasteiger partial charge in [0.1, 0.15) is 17.2 Å². The number of carbonyl (C=O) groups is 1. The second-order valence-corrected chi connectivity index (χ2v) is 7.11. The number of ether oxygens (including phenoxy) is 2. The van der Waals surface area contributed by atoms with E-state index in [0.29, 0.717) is 22.3 Å². The Balaban J connectivity index is 1.58.